The van der Waals surface area contributed by atoms with Crippen LogP contribution >= 0.6 is 0 Å². The van der Waals surface area contributed by atoms with Crippen molar-refractivity contribution in [1.82, 2.24) is 9.97 Å². The molecule has 0 radical (unpaired) electrons. The van der Waals surface area contributed by atoms with Crippen LogP contribution in [0.1, 0.15) is 25.1 Å². The number of nitrogens with one attached hydrogen (secondary N) is 1. The third kappa shape index (κ3) is 2.09. The zero-order chi connectivity index (χ0) is 14.1. The van der Waals surface area contributed by atoms with E-state index in [2.05, 4.69) is 48.4 Å². The molecule has 102 valence electrons. The number of hydrogen-bond acceptors (Lipinski definition) is 3. The Balaban J connectivity index is 2.36. The zero-order valence-corrected chi connectivity index (χ0v) is 12.2. The Kier molecular flexibility index (Phi) is 3.26. The second kappa shape index (κ2) is 5.08. The van der Waals surface area contributed by atoms with Gasteiger partial charge in [-0.15, -0.1) is 0 Å². The number of benzene rings is 1. The van der Waals surface area contributed by atoms with E-state index in [-0.39, 0.29) is 0 Å². The molecule has 0 saturated heterocycles. The van der Waals surface area contributed by atoms with Crippen LogP contribution in [0.2, 0.25) is 0 Å². The monoisotopic (exact) mass is 265 g/mol. The lowest BCUT2D eigenvalue weighted by Gasteiger charge is -2.11. The minimum atomic E-state index is 0.878. The average molecular weight is 265 g/mol. The fourth-order valence-electron chi connectivity index (χ4n) is 2.55. The van der Waals surface area contributed by atoms with E-state index in [0.29, 0.717) is 0 Å². The fraction of sp³-hybridized carbons (Fsp3) is 0.294. The van der Waals surface area contributed by atoms with Gasteiger partial charge in [0, 0.05) is 23.0 Å². The van der Waals surface area contributed by atoms with E-state index in [9.17, 15) is 0 Å². The maximum absolute atomic E-state index is 4.83. The Morgan fingerprint density at radius 1 is 0.950 bits per heavy atom. The van der Waals surface area contributed by atoms with Crippen molar-refractivity contribution in [2.45, 2.75) is 27.2 Å². The summed E-state index contributed by atoms with van der Waals surface area (Å²) in [7, 11) is 0. The minimum Gasteiger partial charge on any atom is -0.370 e. The molecule has 0 fully saturated rings. The van der Waals surface area contributed by atoms with Gasteiger partial charge in [-0.3, -0.25) is 4.98 Å². The third-order valence-corrected chi connectivity index (χ3v) is 3.59. The van der Waals surface area contributed by atoms with Crippen LogP contribution in [0.25, 0.3) is 21.8 Å². The van der Waals surface area contributed by atoms with Gasteiger partial charge in [0.25, 0.3) is 0 Å². The highest BCUT2D eigenvalue weighted by Gasteiger charge is 2.08. The van der Waals surface area contributed by atoms with Crippen LogP contribution in [0.5, 0.6) is 0 Å². The predicted octanol–water partition coefficient (Wildman–Crippen LogP) is 4.09. The van der Waals surface area contributed by atoms with Crippen molar-refractivity contribution < 1.29 is 0 Å². The normalized spacial score (nSPS) is 11.2. The van der Waals surface area contributed by atoms with Crippen molar-refractivity contribution in [3.8, 4) is 0 Å². The Labute approximate surface area is 119 Å². The van der Waals surface area contributed by atoms with Gasteiger partial charge >= 0.3 is 0 Å². The standard InChI is InChI=1S/C17H19N3/c1-4-12-10-14-9-8-13-7-6-11(3)19-15(13)16(14)20-17(12)18-5-2/h6-10H,4-5H2,1-3H3,(H,18,20). The summed E-state index contributed by atoms with van der Waals surface area (Å²) in [6.45, 7) is 7.15. The molecule has 2 heterocycles. The van der Waals surface area contributed by atoms with Gasteiger partial charge in [0.05, 0.1) is 11.0 Å². The summed E-state index contributed by atoms with van der Waals surface area (Å²) in [5.41, 5.74) is 4.26. The van der Waals surface area contributed by atoms with Gasteiger partial charge in [-0.25, -0.2) is 4.98 Å². The molecular weight excluding hydrogens is 246 g/mol. The molecule has 0 unspecified atom stereocenters. The highest BCUT2D eigenvalue weighted by atomic mass is 15.0. The number of pyridine rings is 2. The molecule has 0 amide bonds. The summed E-state index contributed by atoms with van der Waals surface area (Å²) >= 11 is 0. The molecule has 1 aromatic carbocycles. The number of fused-ring (bicyclic) bond motifs is 3. The van der Waals surface area contributed by atoms with E-state index in [1.807, 2.05) is 13.0 Å². The van der Waals surface area contributed by atoms with Crippen molar-refractivity contribution in [3.63, 3.8) is 0 Å². The molecule has 3 rings (SSSR count). The van der Waals surface area contributed by atoms with Crippen LogP contribution in [0, 0.1) is 6.92 Å². The van der Waals surface area contributed by atoms with E-state index >= 15 is 0 Å². The van der Waals surface area contributed by atoms with Crippen LogP contribution in [0.4, 0.5) is 5.82 Å². The lowest BCUT2D eigenvalue weighted by Crippen LogP contribution is -2.03. The molecule has 0 aliphatic heterocycles. The lowest BCUT2D eigenvalue weighted by atomic mass is 10.1. The molecule has 3 aromatic rings. The Hall–Kier alpha value is -2.16. The van der Waals surface area contributed by atoms with Crippen molar-refractivity contribution in [2.75, 3.05) is 11.9 Å². The molecule has 0 saturated carbocycles. The van der Waals surface area contributed by atoms with Gasteiger partial charge < -0.3 is 5.32 Å². The fourth-order valence-corrected chi connectivity index (χ4v) is 2.55. The maximum Gasteiger partial charge on any atom is 0.129 e. The van der Waals surface area contributed by atoms with Crippen LogP contribution in [0.3, 0.4) is 0 Å². The van der Waals surface area contributed by atoms with Gasteiger partial charge in [0.2, 0.25) is 0 Å². The highest BCUT2D eigenvalue weighted by molar-refractivity contribution is 6.03. The molecular formula is C17H19N3. The number of rotatable bonds is 3. The van der Waals surface area contributed by atoms with E-state index in [4.69, 9.17) is 4.98 Å². The number of nitrogens with zero attached hydrogens (tertiary/aromatic N) is 2. The first-order valence-electron chi connectivity index (χ1n) is 7.16. The summed E-state index contributed by atoms with van der Waals surface area (Å²) in [6.07, 6.45) is 0.977. The van der Waals surface area contributed by atoms with Gasteiger partial charge in [0.15, 0.2) is 0 Å². The zero-order valence-electron chi connectivity index (χ0n) is 12.2. The first-order valence-corrected chi connectivity index (χ1v) is 7.16. The summed E-state index contributed by atoms with van der Waals surface area (Å²) in [6, 6.07) is 10.6. The van der Waals surface area contributed by atoms with Crippen LogP contribution in [-0.2, 0) is 6.42 Å². The molecule has 0 bridgehead atoms. The summed E-state index contributed by atoms with van der Waals surface area (Å²) in [5.74, 6) is 0.985. The first-order chi connectivity index (χ1) is 9.72. The third-order valence-electron chi connectivity index (χ3n) is 3.59. The Morgan fingerprint density at radius 2 is 1.65 bits per heavy atom. The highest BCUT2D eigenvalue weighted by Crippen LogP contribution is 2.26. The molecule has 0 atom stereocenters. The van der Waals surface area contributed by atoms with Crippen molar-refractivity contribution in [2.24, 2.45) is 0 Å². The predicted molar refractivity (Wildman–Crippen MR) is 85.3 cm³/mol. The number of anilines is 1. The minimum absolute atomic E-state index is 0.878. The van der Waals surface area contributed by atoms with Gasteiger partial charge in [-0.1, -0.05) is 25.1 Å². The van der Waals surface area contributed by atoms with Crippen LogP contribution in [-0.4, -0.2) is 16.5 Å². The molecule has 3 heteroatoms. The lowest BCUT2D eigenvalue weighted by molar-refractivity contribution is 1.09. The van der Waals surface area contributed by atoms with E-state index < -0.39 is 0 Å². The van der Waals surface area contributed by atoms with E-state index in [0.717, 1.165) is 46.3 Å². The van der Waals surface area contributed by atoms with E-state index in [1.165, 1.54) is 5.56 Å². The number of aryl methyl sites for hydroxylation is 2. The Bertz CT molecular complexity index is 778. The number of aromatic nitrogens is 2. The largest absolute Gasteiger partial charge is 0.370 e. The molecule has 20 heavy (non-hydrogen) atoms. The van der Waals surface area contributed by atoms with Crippen molar-refractivity contribution >= 4 is 27.6 Å². The van der Waals surface area contributed by atoms with Gasteiger partial charge in [-0.2, -0.15) is 0 Å². The molecule has 1 N–H and O–H groups in total. The molecule has 3 nitrogen and oxygen atoms in total. The smallest absolute Gasteiger partial charge is 0.129 e. The van der Waals surface area contributed by atoms with Gasteiger partial charge in [-0.05, 0) is 38.0 Å². The molecule has 0 spiro atoms. The SMILES string of the molecule is CCNc1nc2c(ccc3ccc(C)nc32)cc1CC. The molecule has 0 aliphatic rings. The van der Waals surface area contributed by atoms with Gasteiger partial charge in [0.1, 0.15) is 5.82 Å². The second-order valence-corrected chi connectivity index (χ2v) is 5.04. The second-order valence-electron chi connectivity index (χ2n) is 5.04. The molecule has 0 aliphatic carbocycles. The average Bonchev–Trinajstić information content (AvgIpc) is 2.47. The van der Waals surface area contributed by atoms with E-state index in [1.54, 1.807) is 0 Å². The quantitative estimate of drug-likeness (QED) is 0.725. The Morgan fingerprint density at radius 3 is 2.40 bits per heavy atom. The maximum atomic E-state index is 4.83. The number of hydrogen-bond donors (Lipinski definition) is 1. The van der Waals surface area contributed by atoms with Crippen LogP contribution in [0.15, 0.2) is 30.3 Å². The molecule has 2 aromatic heterocycles. The van der Waals surface area contributed by atoms with Crippen LogP contribution < -0.4 is 5.32 Å². The topological polar surface area (TPSA) is 37.8 Å². The van der Waals surface area contributed by atoms with Crippen molar-refractivity contribution in [3.05, 3.63) is 41.6 Å². The summed E-state index contributed by atoms with van der Waals surface area (Å²) < 4.78 is 0. The van der Waals surface area contributed by atoms with Crippen molar-refractivity contribution in [1.29, 1.82) is 0 Å². The summed E-state index contributed by atoms with van der Waals surface area (Å²) in [4.78, 5) is 9.50. The summed E-state index contributed by atoms with van der Waals surface area (Å²) in [5, 5.41) is 5.66. The first kappa shape index (κ1) is 12.9.